The standard InChI is InChI=1S/C15H16N4/c1-11-7-12(9-17-14-5-3-4-6-16-14)15-13(8-11)10-19(2)18-15/h3-8,10H,9H2,1-2H3,(H,16,17). The molecule has 3 rings (SSSR count). The van der Waals surface area contributed by atoms with Crippen LogP contribution in [0.5, 0.6) is 0 Å². The number of nitrogens with one attached hydrogen (secondary N) is 1. The zero-order chi connectivity index (χ0) is 13.2. The molecule has 1 N–H and O–H groups in total. The number of rotatable bonds is 3. The lowest BCUT2D eigenvalue weighted by Gasteiger charge is -2.07. The third kappa shape index (κ3) is 2.42. The van der Waals surface area contributed by atoms with Gasteiger partial charge in [-0.3, -0.25) is 4.68 Å². The Kier molecular flexibility index (Phi) is 2.91. The molecule has 0 aliphatic carbocycles. The van der Waals surface area contributed by atoms with E-state index in [0.29, 0.717) is 0 Å². The van der Waals surface area contributed by atoms with Crippen LogP contribution in [0.25, 0.3) is 10.9 Å². The van der Waals surface area contributed by atoms with Crippen LogP contribution in [0, 0.1) is 6.92 Å². The van der Waals surface area contributed by atoms with E-state index in [1.165, 1.54) is 16.5 Å². The molecule has 2 heterocycles. The fraction of sp³-hybridized carbons (Fsp3) is 0.200. The summed E-state index contributed by atoms with van der Waals surface area (Å²) in [6.07, 6.45) is 3.83. The molecular formula is C15H16N4. The molecule has 3 aromatic rings. The summed E-state index contributed by atoms with van der Waals surface area (Å²) in [5.74, 6) is 0.882. The first-order chi connectivity index (χ1) is 9.22. The molecule has 19 heavy (non-hydrogen) atoms. The molecule has 96 valence electrons. The van der Waals surface area contributed by atoms with E-state index in [1.807, 2.05) is 36.1 Å². The van der Waals surface area contributed by atoms with E-state index in [-0.39, 0.29) is 0 Å². The molecule has 0 radical (unpaired) electrons. The van der Waals surface area contributed by atoms with Gasteiger partial charge in [0, 0.05) is 31.4 Å². The Balaban J connectivity index is 1.92. The van der Waals surface area contributed by atoms with E-state index in [0.717, 1.165) is 17.9 Å². The van der Waals surface area contributed by atoms with Gasteiger partial charge in [0.1, 0.15) is 5.82 Å². The molecule has 0 aliphatic rings. The van der Waals surface area contributed by atoms with Gasteiger partial charge in [0.05, 0.1) is 5.52 Å². The average Bonchev–Trinajstić information content (AvgIpc) is 2.77. The first-order valence-corrected chi connectivity index (χ1v) is 6.30. The smallest absolute Gasteiger partial charge is 0.126 e. The second-order valence-electron chi connectivity index (χ2n) is 4.73. The minimum atomic E-state index is 0.728. The van der Waals surface area contributed by atoms with Crippen molar-refractivity contribution in [3.63, 3.8) is 0 Å². The lowest BCUT2D eigenvalue weighted by atomic mass is 10.1. The highest BCUT2D eigenvalue weighted by Gasteiger charge is 2.06. The van der Waals surface area contributed by atoms with E-state index in [1.54, 1.807) is 6.20 Å². The predicted molar refractivity (Wildman–Crippen MR) is 77.0 cm³/mol. The van der Waals surface area contributed by atoms with Gasteiger partial charge >= 0.3 is 0 Å². The number of pyridine rings is 1. The summed E-state index contributed by atoms with van der Waals surface area (Å²) in [5.41, 5.74) is 3.50. The summed E-state index contributed by atoms with van der Waals surface area (Å²) in [6, 6.07) is 10.2. The van der Waals surface area contributed by atoms with Gasteiger partial charge in [0.2, 0.25) is 0 Å². The number of hydrogen-bond donors (Lipinski definition) is 1. The largest absolute Gasteiger partial charge is 0.366 e. The van der Waals surface area contributed by atoms with Crippen molar-refractivity contribution in [3.8, 4) is 0 Å². The first-order valence-electron chi connectivity index (χ1n) is 6.30. The number of anilines is 1. The fourth-order valence-corrected chi connectivity index (χ4v) is 2.28. The van der Waals surface area contributed by atoms with Crippen molar-refractivity contribution in [2.24, 2.45) is 7.05 Å². The number of fused-ring (bicyclic) bond motifs is 1. The predicted octanol–water partition coefficient (Wildman–Crippen LogP) is 2.89. The SMILES string of the molecule is Cc1cc(CNc2ccccn2)c2nn(C)cc2c1. The van der Waals surface area contributed by atoms with Crippen LogP contribution in [0.1, 0.15) is 11.1 Å². The number of hydrogen-bond acceptors (Lipinski definition) is 3. The summed E-state index contributed by atoms with van der Waals surface area (Å²) >= 11 is 0. The Morgan fingerprint density at radius 3 is 2.95 bits per heavy atom. The van der Waals surface area contributed by atoms with E-state index >= 15 is 0 Å². The second kappa shape index (κ2) is 4.72. The Bertz CT molecular complexity index is 701. The van der Waals surface area contributed by atoms with E-state index in [2.05, 4.69) is 34.5 Å². The van der Waals surface area contributed by atoms with Gasteiger partial charge in [0.25, 0.3) is 0 Å². The average molecular weight is 252 g/mol. The highest BCUT2D eigenvalue weighted by Crippen LogP contribution is 2.20. The van der Waals surface area contributed by atoms with Crippen LogP contribution in [0.15, 0.2) is 42.7 Å². The maximum atomic E-state index is 4.52. The molecule has 0 bridgehead atoms. The summed E-state index contributed by atoms with van der Waals surface area (Å²) < 4.78 is 1.86. The highest BCUT2D eigenvalue weighted by atomic mass is 15.2. The molecule has 0 unspecified atom stereocenters. The van der Waals surface area contributed by atoms with Crippen molar-refractivity contribution in [2.45, 2.75) is 13.5 Å². The fourth-order valence-electron chi connectivity index (χ4n) is 2.28. The molecule has 1 aromatic carbocycles. The maximum absolute atomic E-state index is 4.52. The van der Waals surface area contributed by atoms with E-state index < -0.39 is 0 Å². The van der Waals surface area contributed by atoms with Gasteiger partial charge in [-0.15, -0.1) is 0 Å². The van der Waals surface area contributed by atoms with Crippen molar-refractivity contribution in [1.29, 1.82) is 0 Å². The van der Waals surface area contributed by atoms with Crippen molar-refractivity contribution < 1.29 is 0 Å². The van der Waals surface area contributed by atoms with Crippen LogP contribution in [0.3, 0.4) is 0 Å². The van der Waals surface area contributed by atoms with Crippen LogP contribution in [-0.4, -0.2) is 14.8 Å². The molecule has 4 heteroatoms. The van der Waals surface area contributed by atoms with Gasteiger partial charge in [-0.1, -0.05) is 12.1 Å². The minimum absolute atomic E-state index is 0.728. The van der Waals surface area contributed by atoms with Crippen molar-refractivity contribution >= 4 is 16.7 Å². The number of aryl methyl sites for hydroxylation is 2. The Morgan fingerprint density at radius 1 is 1.26 bits per heavy atom. The lowest BCUT2D eigenvalue weighted by molar-refractivity contribution is 0.778. The minimum Gasteiger partial charge on any atom is -0.366 e. The molecule has 0 amide bonds. The molecule has 0 aliphatic heterocycles. The number of benzene rings is 1. The summed E-state index contributed by atoms with van der Waals surface area (Å²) in [7, 11) is 1.95. The van der Waals surface area contributed by atoms with Crippen LogP contribution in [0.2, 0.25) is 0 Å². The van der Waals surface area contributed by atoms with Crippen LogP contribution in [0.4, 0.5) is 5.82 Å². The topological polar surface area (TPSA) is 42.7 Å². The van der Waals surface area contributed by atoms with Gasteiger partial charge in [-0.05, 0) is 36.2 Å². The van der Waals surface area contributed by atoms with Crippen molar-refractivity contribution in [1.82, 2.24) is 14.8 Å². The van der Waals surface area contributed by atoms with Crippen molar-refractivity contribution in [2.75, 3.05) is 5.32 Å². The van der Waals surface area contributed by atoms with Gasteiger partial charge in [-0.25, -0.2) is 4.98 Å². The zero-order valence-electron chi connectivity index (χ0n) is 11.1. The van der Waals surface area contributed by atoms with Gasteiger partial charge in [-0.2, -0.15) is 5.10 Å². The third-order valence-electron chi connectivity index (χ3n) is 3.07. The summed E-state index contributed by atoms with van der Waals surface area (Å²) in [5, 5.41) is 9.03. The molecule has 4 nitrogen and oxygen atoms in total. The molecule has 0 saturated carbocycles. The monoisotopic (exact) mass is 252 g/mol. The van der Waals surface area contributed by atoms with Gasteiger partial charge < -0.3 is 5.32 Å². The zero-order valence-corrected chi connectivity index (χ0v) is 11.1. The molecule has 0 fully saturated rings. The molecule has 0 saturated heterocycles. The summed E-state index contributed by atoms with van der Waals surface area (Å²) in [4.78, 5) is 4.26. The van der Waals surface area contributed by atoms with Crippen LogP contribution < -0.4 is 5.32 Å². The number of aromatic nitrogens is 3. The van der Waals surface area contributed by atoms with Gasteiger partial charge in [0.15, 0.2) is 0 Å². The second-order valence-corrected chi connectivity index (χ2v) is 4.73. The maximum Gasteiger partial charge on any atom is 0.126 e. The Hall–Kier alpha value is -2.36. The molecule has 2 aromatic heterocycles. The lowest BCUT2D eigenvalue weighted by Crippen LogP contribution is -2.02. The van der Waals surface area contributed by atoms with E-state index in [4.69, 9.17) is 0 Å². The third-order valence-corrected chi connectivity index (χ3v) is 3.07. The molecular weight excluding hydrogens is 236 g/mol. The highest BCUT2D eigenvalue weighted by molar-refractivity contribution is 5.82. The first kappa shape index (κ1) is 11.7. The molecule has 0 atom stereocenters. The number of nitrogens with zero attached hydrogens (tertiary/aromatic N) is 3. The molecule has 0 spiro atoms. The van der Waals surface area contributed by atoms with Crippen LogP contribution in [-0.2, 0) is 13.6 Å². The van der Waals surface area contributed by atoms with E-state index in [9.17, 15) is 0 Å². The Labute approximate surface area is 112 Å². The quantitative estimate of drug-likeness (QED) is 0.779. The summed E-state index contributed by atoms with van der Waals surface area (Å²) in [6.45, 7) is 2.84. The van der Waals surface area contributed by atoms with Crippen molar-refractivity contribution in [3.05, 3.63) is 53.9 Å². The Morgan fingerprint density at radius 2 is 2.16 bits per heavy atom. The van der Waals surface area contributed by atoms with Crippen LogP contribution >= 0.6 is 0 Å². The normalized spacial score (nSPS) is 10.8.